The van der Waals surface area contributed by atoms with Gasteiger partial charge in [0.2, 0.25) is 11.1 Å². The molecular formula is C21H22N4O4S2. The molecule has 0 unspecified atom stereocenters. The Balaban J connectivity index is 1.39. The molecule has 1 aromatic carbocycles. The number of aromatic amines is 1. The number of thiophene rings is 1. The molecular weight excluding hydrogens is 436 g/mol. The van der Waals surface area contributed by atoms with Crippen molar-refractivity contribution < 1.29 is 19.1 Å². The molecule has 31 heavy (non-hydrogen) atoms. The molecule has 4 rings (SSSR count). The molecule has 0 saturated heterocycles. The second kappa shape index (κ2) is 9.52. The molecule has 0 radical (unpaired) electrons. The van der Waals surface area contributed by atoms with Crippen LogP contribution in [0.15, 0.2) is 29.4 Å². The Bertz CT molecular complexity index is 1090. The fourth-order valence-corrected chi connectivity index (χ4v) is 5.29. The van der Waals surface area contributed by atoms with Crippen LogP contribution < -0.4 is 10.1 Å². The van der Waals surface area contributed by atoms with Crippen LogP contribution in [0.25, 0.3) is 11.4 Å². The van der Waals surface area contributed by atoms with Gasteiger partial charge in [-0.3, -0.25) is 9.89 Å². The highest BCUT2D eigenvalue weighted by molar-refractivity contribution is 7.99. The Kier molecular flexibility index (Phi) is 6.57. The summed E-state index contributed by atoms with van der Waals surface area (Å²) in [6, 6.07) is 7.45. The monoisotopic (exact) mass is 458 g/mol. The smallest absolute Gasteiger partial charge is 0.341 e. The van der Waals surface area contributed by atoms with Crippen molar-refractivity contribution >= 4 is 40.0 Å². The van der Waals surface area contributed by atoms with Crippen molar-refractivity contribution in [2.24, 2.45) is 0 Å². The van der Waals surface area contributed by atoms with E-state index in [9.17, 15) is 9.59 Å². The van der Waals surface area contributed by atoms with Gasteiger partial charge in [-0.15, -0.1) is 16.4 Å². The maximum absolute atomic E-state index is 12.5. The molecule has 8 nitrogen and oxygen atoms in total. The first kappa shape index (κ1) is 21.4. The molecule has 1 aliphatic rings. The zero-order valence-electron chi connectivity index (χ0n) is 17.2. The van der Waals surface area contributed by atoms with Crippen molar-refractivity contribution in [1.82, 2.24) is 15.2 Å². The highest BCUT2D eigenvalue weighted by atomic mass is 32.2. The number of aryl methyl sites for hydroxylation is 1. The molecule has 1 aliphatic carbocycles. The summed E-state index contributed by atoms with van der Waals surface area (Å²) >= 11 is 2.69. The number of esters is 1. The molecule has 1 amide bonds. The molecule has 2 N–H and O–H groups in total. The highest BCUT2D eigenvalue weighted by Crippen LogP contribution is 2.39. The zero-order chi connectivity index (χ0) is 21.8. The standard InChI is InChI=1S/C21H22N4O4S2/c1-3-29-20(27)17-14-5-4-6-15(14)31-19(17)22-16(26)11-30-21-23-18(24-25-21)12-7-9-13(28-2)10-8-12/h7-10H,3-6,11H2,1-2H3,(H,22,26)(H,23,24,25). The predicted octanol–water partition coefficient (Wildman–Crippen LogP) is 3.94. The van der Waals surface area contributed by atoms with Gasteiger partial charge in [-0.25, -0.2) is 9.78 Å². The zero-order valence-corrected chi connectivity index (χ0v) is 18.8. The fraction of sp³-hybridized carbons (Fsp3) is 0.333. The average molecular weight is 459 g/mol. The van der Waals surface area contributed by atoms with Gasteiger partial charge in [-0.05, 0) is 56.0 Å². The summed E-state index contributed by atoms with van der Waals surface area (Å²) in [5, 5.41) is 11.0. The van der Waals surface area contributed by atoms with E-state index in [1.807, 2.05) is 24.3 Å². The van der Waals surface area contributed by atoms with Crippen molar-refractivity contribution in [2.45, 2.75) is 31.3 Å². The summed E-state index contributed by atoms with van der Waals surface area (Å²) in [6.07, 6.45) is 2.80. The number of carbonyl (C=O) groups is 2. The van der Waals surface area contributed by atoms with E-state index in [1.165, 1.54) is 23.1 Å². The number of carbonyl (C=O) groups excluding carboxylic acids is 2. The van der Waals surface area contributed by atoms with Gasteiger partial charge < -0.3 is 14.8 Å². The summed E-state index contributed by atoms with van der Waals surface area (Å²) in [5.74, 6) is 0.917. The third-order valence-electron chi connectivity index (χ3n) is 4.81. The molecule has 0 atom stereocenters. The maximum Gasteiger partial charge on any atom is 0.341 e. The first-order valence-corrected chi connectivity index (χ1v) is 11.7. The van der Waals surface area contributed by atoms with Gasteiger partial charge in [0.15, 0.2) is 5.82 Å². The number of rotatable bonds is 8. The van der Waals surface area contributed by atoms with Crippen molar-refractivity contribution in [2.75, 3.05) is 24.8 Å². The Hall–Kier alpha value is -2.85. The second-order valence-electron chi connectivity index (χ2n) is 6.81. The molecule has 0 spiro atoms. The SMILES string of the molecule is CCOC(=O)c1c(NC(=O)CSc2n[nH]c(-c3ccc(OC)cc3)n2)sc2c1CCC2. The lowest BCUT2D eigenvalue weighted by Gasteiger charge is -2.07. The first-order valence-electron chi connectivity index (χ1n) is 9.90. The van der Waals surface area contributed by atoms with E-state index in [0.29, 0.717) is 28.2 Å². The largest absolute Gasteiger partial charge is 0.497 e. The second-order valence-corrected chi connectivity index (χ2v) is 8.86. The van der Waals surface area contributed by atoms with Crippen LogP contribution in [0.4, 0.5) is 5.00 Å². The molecule has 2 heterocycles. The summed E-state index contributed by atoms with van der Waals surface area (Å²) in [5.41, 5.74) is 2.40. The predicted molar refractivity (Wildman–Crippen MR) is 120 cm³/mol. The van der Waals surface area contributed by atoms with E-state index < -0.39 is 0 Å². The van der Waals surface area contributed by atoms with Gasteiger partial charge in [-0.1, -0.05) is 11.8 Å². The molecule has 0 fully saturated rings. The number of methoxy groups -OCH3 is 1. The number of nitrogens with zero attached hydrogens (tertiary/aromatic N) is 2. The van der Waals surface area contributed by atoms with Gasteiger partial charge in [0.1, 0.15) is 10.8 Å². The van der Waals surface area contributed by atoms with Gasteiger partial charge in [-0.2, -0.15) is 0 Å². The lowest BCUT2D eigenvalue weighted by atomic mass is 10.1. The Morgan fingerprint density at radius 2 is 2.06 bits per heavy atom. The average Bonchev–Trinajstić information content (AvgIpc) is 3.48. The minimum absolute atomic E-state index is 0.130. The Labute approximate surface area is 187 Å². The number of ether oxygens (including phenoxy) is 2. The molecule has 10 heteroatoms. The quantitative estimate of drug-likeness (QED) is 0.389. The van der Waals surface area contributed by atoms with Crippen LogP contribution in [-0.4, -0.2) is 46.5 Å². The molecule has 162 valence electrons. The van der Waals surface area contributed by atoms with Crippen LogP contribution in [0.2, 0.25) is 0 Å². The van der Waals surface area contributed by atoms with Crippen LogP contribution in [0.3, 0.4) is 0 Å². The van der Waals surface area contributed by atoms with Crippen LogP contribution >= 0.6 is 23.1 Å². The summed E-state index contributed by atoms with van der Waals surface area (Å²) in [7, 11) is 1.61. The van der Waals surface area contributed by atoms with Crippen molar-refractivity contribution in [3.63, 3.8) is 0 Å². The molecule has 0 bridgehead atoms. The molecule has 0 aliphatic heterocycles. The number of hydrogen-bond donors (Lipinski definition) is 2. The van der Waals surface area contributed by atoms with E-state index in [-0.39, 0.29) is 17.6 Å². The van der Waals surface area contributed by atoms with Crippen LogP contribution in [0.1, 0.15) is 34.1 Å². The number of fused-ring (bicyclic) bond motifs is 1. The van der Waals surface area contributed by atoms with Crippen LogP contribution in [-0.2, 0) is 22.4 Å². The van der Waals surface area contributed by atoms with Gasteiger partial charge in [0, 0.05) is 10.4 Å². The number of anilines is 1. The van der Waals surface area contributed by atoms with Crippen molar-refractivity contribution in [3.8, 4) is 17.1 Å². The third-order valence-corrected chi connectivity index (χ3v) is 6.87. The van der Waals surface area contributed by atoms with E-state index in [2.05, 4.69) is 20.5 Å². The summed E-state index contributed by atoms with van der Waals surface area (Å²) in [6.45, 7) is 2.07. The summed E-state index contributed by atoms with van der Waals surface area (Å²) in [4.78, 5) is 30.5. The third kappa shape index (κ3) is 4.75. The Morgan fingerprint density at radius 1 is 1.26 bits per heavy atom. The maximum atomic E-state index is 12.5. The first-order chi connectivity index (χ1) is 15.1. The highest BCUT2D eigenvalue weighted by Gasteiger charge is 2.28. The normalized spacial score (nSPS) is 12.5. The van der Waals surface area contributed by atoms with Crippen LogP contribution in [0.5, 0.6) is 5.75 Å². The van der Waals surface area contributed by atoms with Gasteiger partial charge >= 0.3 is 5.97 Å². The number of amides is 1. The van der Waals surface area contributed by atoms with Gasteiger partial charge in [0.05, 0.1) is 25.0 Å². The Morgan fingerprint density at radius 3 is 2.81 bits per heavy atom. The number of H-pyrrole nitrogens is 1. The van der Waals surface area contributed by atoms with E-state index >= 15 is 0 Å². The number of aromatic nitrogens is 3. The number of hydrogen-bond acceptors (Lipinski definition) is 8. The van der Waals surface area contributed by atoms with Crippen molar-refractivity contribution in [3.05, 3.63) is 40.3 Å². The summed E-state index contributed by atoms with van der Waals surface area (Å²) < 4.78 is 10.4. The van der Waals surface area contributed by atoms with Crippen molar-refractivity contribution in [1.29, 1.82) is 0 Å². The van der Waals surface area contributed by atoms with E-state index in [4.69, 9.17) is 9.47 Å². The number of benzene rings is 1. The molecule has 0 saturated carbocycles. The van der Waals surface area contributed by atoms with E-state index in [0.717, 1.165) is 41.0 Å². The lowest BCUT2D eigenvalue weighted by Crippen LogP contribution is -2.16. The fourth-order valence-electron chi connectivity index (χ4n) is 3.39. The molecule has 2 aromatic heterocycles. The lowest BCUT2D eigenvalue weighted by molar-refractivity contribution is -0.113. The minimum atomic E-state index is -0.372. The van der Waals surface area contributed by atoms with Gasteiger partial charge in [0.25, 0.3) is 0 Å². The minimum Gasteiger partial charge on any atom is -0.497 e. The number of nitrogens with one attached hydrogen (secondary N) is 2. The number of thioether (sulfide) groups is 1. The molecule has 3 aromatic rings. The van der Waals surface area contributed by atoms with Crippen LogP contribution in [0, 0.1) is 0 Å². The van der Waals surface area contributed by atoms with E-state index in [1.54, 1.807) is 14.0 Å². The topological polar surface area (TPSA) is 106 Å².